The Balaban J connectivity index is 1.31. The highest BCUT2D eigenvalue weighted by Crippen LogP contribution is 2.26. The number of hydrogen-bond acceptors (Lipinski definition) is 6. The van der Waals surface area contributed by atoms with E-state index in [-0.39, 0.29) is 0 Å². The van der Waals surface area contributed by atoms with E-state index < -0.39 is 0 Å². The van der Waals surface area contributed by atoms with E-state index in [4.69, 9.17) is 17.2 Å². The molecule has 7 nitrogen and oxygen atoms in total. The number of pyridine rings is 1. The Hall–Kier alpha value is -2.00. The van der Waals surface area contributed by atoms with E-state index in [1.54, 1.807) is 0 Å². The summed E-state index contributed by atoms with van der Waals surface area (Å²) in [6, 6.07) is 8.55. The van der Waals surface area contributed by atoms with Crippen molar-refractivity contribution in [3.8, 4) is 0 Å². The molecule has 2 aliphatic rings. The summed E-state index contributed by atoms with van der Waals surface area (Å²) >= 11 is 5.51. The van der Waals surface area contributed by atoms with Crippen molar-refractivity contribution in [3.63, 3.8) is 0 Å². The van der Waals surface area contributed by atoms with Crippen LogP contribution in [0.3, 0.4) is 0 Å². The van der Waals surface area contributed by atoms with Crippen molar-refractivity contribution in [2.75, 3.05) is 82.2 Å². The number of aromatic nitrogens is 1. The monoisotopic (exact) mass is 455 g/mol. The lowest BCUT2D eigenvalue weighted by Gasteiger charge is -2.35. The Labute approximate surface area is 197 Å². The summed E-state index contributed by atoms with van der Waals surface area (Å²) in [5, 5.41) is 11.9. The first-order valence-electron chi connectivity index (χ1n) is 12.0. The molecule has 2 aliphatic heterocycles. The van der Waals surface area contributed by atoms with E-state index in [2.05, 4.69) is 68.8 Å². The van der Waals surface area contributed by atoms with Gasteiger partial charge in [0.25, 0.3) is 0 Å². The summed E-state index contributed by atoms with van der Waals surface area (Å²) in [5.41, 5.74) is 3.30. The number of fused-ring (bicyclic) bond motifs is 1. The average Bonchev–Trinajstić information content (AvgIpc) is 2.83. The normalized spacial score (nSPS) is 18.1. The average molecular weight is 456 g/mol. The summed E-state index contributed by atoms with van der Waals surface area (Å²) in [5.74, 6) is 1.09. The summed E-state index contributed by atoms with van der Waals surface area (Å²) in [4.78, 5) is 12.4. The zero-order chi connectivity index (χ0) is 22.3. The largest absolute Gasteiger partial charge is 0.362 e. The molecule has 0 saturated carbocycles. The summed E-state index contributed by atoms with van der Waals surface area (Å²) in [7, 11) is 0. The molecule has 2 saturated heterocycles. The van der Waals surface area contributed by atoms with Gasteiger partial charge in [-0.15, -0.1) is 0 Å². The van der Waals surface area contributed by atoms with Crippen LogP contribution in [0.25, 0.3) is 10.9 Å². The number of nitrogens with one attached hydrogen (secondary N) is 3. The van der Waals surface area contributed by atoms with Gasteiger partial charge in [-0.05, 0) is 68.5 Å². The second-order valence-electron chi connectivity index (χ2n) is 8.78. The molecule has 1 aromatic carbocycles. The number of aryl methyl sites for hydroxylation is 1. The Morgan fingerprint density at radius 3 is 2.59 bits per heavy atom. The molecule has 8 heteroatoms. The molecule has 0 unspecified atom stereocenters. The van der Waals surface area contributed by atoms with Crippen molar-refractivity contribution in [2.24, 2.45) is 0 Å². The highest BCUT2D eigenvalue weighted by atomic mass is 32.1. The Kier molecular flexibility index (Phi) is 8.13. The number of thiocarbonyl (C=S) groups is 1. The second-order valence-corrected chi connectivity index (χ2v) is 9.18. The molecule has 2 fully saturated rings. The van der Waals surface area contributed by atoms with Gasteiger partial charge in [0.05, 0.1) is 5.52 Å². The molecule has 1 aromatic heterocycles. The van der Waals surface area contributed by atoms with Gasteiger partial charge in [-0.1, -0.05) is 6.92 Å². The first-order valence-corrected chi connectivity index (χ1v) is 12.4. The van der Waals surface area contributed by atoms with E-state index in [0.29, 0.717) is 5.11 Å². The van der Waals surface area contributed by atoms with Crippen LogP contribution in [0.15, 0.2) is 24.3 Å². The molecular weight excluding hydrogens is 418 g/mol. The SMILES string of the molecule is CCN1CCN(c2cc(C)c3cc(NC(=S)NCCCN4CCNCC4)ccc3n2)CC1. The predicted molar refractivity (Wildman–Crippen MR) is 139 cm³/mol. The van der Waals surface area contributed by atoms with Gasteiger partial charge in [-0.2, -0.15) is 0 Å². The molecule has 0 aliphatic carbocycles. The molecule has 4 rings (SSSR count). The first kappa shape index (κ1) is 23.2. The highest BCUT2D eigenvalue weighted by molar-refractivity contribution is 7.80. The van der Waals surface area contributed by atoms with Crippen LogP contribution in [-0.4, -0.2) is 91.9 Å². The molecule has 0 bridgehead atoms. The Morgan fingerprint density at radius 2 is 1.84 bits per heavy atom. The molecule has 0 amide bonds. The van der Waals surface area contributed by atoms with Crippen LogP contribution in [0.2, 0.25) is 0 Å². The number of nitrogens with zero attached hydrogens (tertiary/aromatic N) is 4. The zero-order valence-electron chi connectivity index (χ0n) is 19.5. The van der Waals surface area contributed by atoms with E-state index in [1.165, 1.54) is 10.9 Å². The van der Waals surface area contributed by atoms with E-state index in [9.17, 15) is 0 Å². The van der Waals surface area contributed by atoms with Gasteiger partial charge in [-0.25, -0.2) is 4.98 Å². The van der Waals surface area contributed by atoms with Crippen molar-refractivity contribution in [1.82, 2.24) is 25.4 Å². The lowest BCUT2D eigenvalue weighted by atomic mass is 10.1. The van der Waals surface area contributed by atoms with Gasteiger partial charge in [-0.3, -0.25) is 0 Å². The molecule has 0 radical (unpaired) electrons. The number of likely N-dealkylation sites (N-methyl/N-ethyl adjacent to an activating group) is 1. The van der Waals surface area contributed by atoms with Gasteiger partial charge in [0.2, 0.25) is 0 Å². The van der Waals surface area contributed by atoms with Gasteiger partial charge < -0.3 is 30.7 Å². The van der Waals surface area contributed by atoms with Crippen LogP contribution in [0.1, 0.15) is 18.9 Å². The van der Waals surface area contributed by atoms with Crippen LogP contribution in [0, 0.1) is 6.92 Å². The van der Waals surface area contributed by atoms with Crippen LogP contribution in [-0.2, 0) is 0 Å². The molecule has 0 atom stereocenters. The standard InChI is InChI=1S/C24H37N7S/c1-3-29-13-15-31(16-14-29)23-17-19(2)21-18-20(5-6-22(21)28-23)27-24(32)26-7-4-10-30-11-8-25-9-12-30/h5-6,17-18,25H,3-4,7-16H2,1-2H3,(H2,26,27,32). The molecule has 174 valence electrons. The van der Waals surface area contributed by atoms with Crippen LogP contribution < -0.4 is 20.9 Å². The van der Waals surface area contributed by atoms with Crippen molar-refractivity contribution < 1.29 is 0 Å². The van der Waals surface area contributed by atoms with Crippen molar-refractivity contribution in [1.29, 1.82) is 0 Å². The van der Waals surface area contributed by atoms with Gasteiger partial charge in [0, 0.05) is 70.0 Å². The minimum atomic E-state index is 0.681. The lowest BCUT2D eigenvalue weighted by molar-refractivity contribution is 0.239. The third-order valence-electron chi connectivity index (χ3n) is 6.55. The molecule has 2 aromatic rings. The van der Waals surface area contributed by atoms with Crippen molar-refractivity contribution >= 4 is 39.7 Å². The second kappa shape index (κ2) is 11.2. The maximum atomic E-state index is 5.51. The number of benzene rings is 1. The minimum absolute atomic E-state index is 0.681. The fourth-order valence-corrected chi connectivity index (χ4v) is 4.74. The van der Waals surface area contributed by atoms with Crippen LogP contribution >= 0.6 is 12.2 Å². The molecule has 3 heterocycles. The fourth-order valence-electron chi connectivity index (χ4n) is 4.52. The Morgan fingerprint density at radius 1 is 1.06 bits per heavy atom. The van der Waals surface area contributed by atoms with E-state index in [1.807, 2.05) is 0 Å². The number of hydrogen-bond donors (Lipinski definition) is 3. The molecular formula is C24H37N7S. The van der Waals surface area contributed by atoms with E-state index in [0.717, 1.165) is 95.4 Å². The van der Waals surface area contributed by atoms with Gasteiger partial charge in [0.15, 0.2) is 5.11 Å². The summed E-state index contributed by atoms with van der Waals surface area (Å²) < 4.78 is 0. The lowest BCUT2D eigenvalue weighted by Crippen LogP contribution is -2.46. The molecule has 32 heavy (non-hydrogen) atoms. The number of piperazine rings is 2. The molecule has 3 N–H and O–H groups in total. The van der Waals surface area contributed by atoms with Crippen LogP contribution in [0.5, 0.6) is 0 Å². The van der Waals surface area contributed by atoms with E-state index >= 15 is 0 Å². The van der Waals surface area contributed by atoms with Crippen LogP contribution in [0.4, 0.5) is 11.5 Å². The highest BCUT2D eigenvalue weighted by Gasteiger charge is 2.18. The third-order valence-corrected chi connectivity index (χ3v) is 6.80. The maximum absolute atomic E-state index is 5.51. The quantitative estimate of drug-likeness (QED) is 0.434. The fraction of sp³-hybridized carbons (Fsp3) is 0.583. The maximum Gasteiger partial charge on any atom is 0.170 e. The summed E-state index contributed by atoms with van der Waals surface area (Å²) in [6.45, 7) is 16.3. The summed E-state index contributed by atoms with van der Waals surface area (Å²) in [6.07, 6.45) is 1.10. The number of rotatable bonds is 7. The number of anilines is 2. The molecule has 0 spiro atoms. The smallest absolute Gasteiger partial charge is 0.170 e. The minimum Gasteiger partial charge on any atom is -0.362 e. The van der Waals surface area contributed by atoms with Crippen molar-refractivity contribution in [2.45, 2.75) is 20.3 Å². The van der Waals surface area contributed by atoms with Crippen molar-refractivity contribution in [3.05, 3.63) is 29.8 Å². The third kappa shape index (κ3) is 6.07. The van der Waals surface area contributed by atoms with Gasteiger partial charge >= 0.3 is 0 Å². The predicted octanol–water partition coefficient (Wildman–Crippen LogP) is 2.27. The topological polar surface area (TPSA) is 58.7 Å². The zero-order valence-corrected chi connectivity index (χ0v) is 20.3. The van der Waals surface area contributed by atoms with Gasteiger partial charge in [0.1, 0.15) is 5.82 Å². The Bertz CT molecular complexity index is 905. The first-order chi connectivity index (χ1) is 15.6.